The van der Waals surface area contributed by atoms with E-state index in [9.17, 15) is 4.79 Å². The van der Waals surface area contributed by atoms with E-state index in [4.69, 9.17) is 0 Å². The van der Waals surface area contributed by atoms with E-state index in [-0.39, 0.29) is 18.3 Å². The van der Waals surface area contributed by atoms with Crippen LogP contribution in [0.3, 0.4) is 0 Å². The molecule has 0 radical (unpaired) electrons. The number of likely N-dealkylation sites (tertiary alicyclic amines) is 1. The zero-order chi connectivity index (χ0) is 12.5. The first-order valence-electron chi connectivity index (χ1n) is 6.86. The minimum Gasteiger partial charge on any atom is -0.355 e. The van der Waals surface area contributed by atoms with Crippen LogP contribution in [0.2, 0.25) is 0 Å². The molecule has 1 amide bonds. The van der Waals surface area contributed by atoms with Gasteiger partial charge in [-0.25, -0.2) is 0 Å². The third-order valence-electron chi connectivity index (χ3n) is 3.30. The number of carbonyl (C=O) groups is 1. The van der Waals surface area contributed by atoms with Crippen molar-refractivity contribution in [1.82, 2.24) is 15.5 Å². The summed E-state index contributed by atoms with van der Waals surface area (Å²) in [6.07, 6.45) is 5.00. The van der Waals surface area contributed by atoms with Gasteiger partial charge in [-0.3, -0.25) is 4.79 Å². The monoisotopic (exact) mass is 277 g/mol. The van der Waals surface area contributed by atoms with Crippen molar-refractivity contribution in [2.75, 3.05) is 39.8 Å². The number of piperidine rings is 1. The Kier molecular flexibility index (Phi) is 10.4. The summed E-state index contributed by atoms with van der Waals surface area (Å²) in [6, 6.07) is 0. The molecule has 2 N–H and O–H groups in total. The van der Waals surface area contributed by atoms with Crippen LogP contribution in [0.4, 0.5) is 0 Å². The fraction of sp³-hybridized carbons (Fsp3) is 0.923. The van der Waals surface area contributed by atoms with Crippen molar-refractivity contribution in [2.45, 2.75) is 32.6 Å². The summed E-state index contributed by atoms with van der Waals surface area (Å²) < 4.78 is 0. The summed E-state index contributed by atoms with van der Waals surface area (Å²) in [4.78, 5) is 13.7. The highest BCUT2D eigenvalue weighted by molar-refractivity contribution is 5.85. The topological polar surface area (TPSA) is 44.4 Å². The van der Waals surface area contributed by atoms with Gasteiger partial charge in [0.2, 0.25) is 5.91 Å². The van der Waals surface area contributed by atoms with Gasteiger partial charge in [-0.2, -0.15) is 0 Å². The van der Waals surface area contributed by atoms with E-state index >= 15 is 0 Å². The van der Waals surface area contributed by atoms with Gasteiger partial charge in [-0.05, 0) is 51.7 Å². The molecule has 0 aromatic rings. The van der Waals surface area contributed by atoms with Crippen molar-refractivity contribution >= 4 is 18.3 Å². The van der Waals surface area contributed by atoms with Crippen LogP contribution in [-0.4, -0.2) is 50.6 Å². The summed E-state index contributed by atoms with van der Waals surface area (Å²) >= 11 is 0. The predicted molar refractivity (Wildman–Crippen MR) is 78.3 cm³/mol. The van der Waals surface area contributed by atoms with Crippen LogP contribution in [-0.2, 0) is 4.79 Å². The second kappa shape index (κ2) is 10.6. The molecule has 0 saturated carbocycles. The third kappa shape index (κ3) is 7.90. The molecule has 0 aromatic heterocycles. The number of nitrogens with zero attached hydrogens (tertiary/aromatic N) is 1. The van der Waals surface area contributed by atoms with Crippen LogP contribution in [0.1, 0.15) is 32.6 Å². The lowest BCUT2D eigenvalue weighted by Gasteiger charge is -2.30. The Morgan fingerprint density at radius 1 is 1.39 bits per heavy atom. The molecule has 0 aliphatic carbocycles. The quantitative estimate of drug-likeness (QED) is 0.689. The summed E-state index contributed by atoms with van der Waals surface area (Å²) in [6.45, 7) is 7.27. The van der Waals surface area contributed by atoms with E-state index in [0.29, 0.717) is 6.54 Å². The third-order valence-corrected chi connectivity index (χ3v) is 3.30. The van der Waals surface area contributed by atoms with E-state index < -0.39 is 0 Å². The number of unbranched alkanes of at least 4 members (excludes halogenated alkanes) is 1. The molecule has 18 heavy (non-hydrogen) atoms. The molecule has 4 nitrogen and oxygen atoms in total. The molecule has 1 aliphatic heterocycles. The maximum absolute atomic E-state index is 11.2. The number of hydrogen-bond donors (Lipinski definition) is 2. The first-order chi connectivity index (χ1) is 8.22. The molecule has 1 fully saturated rings. The fourth-order valence-electron chi connectivity index (χ4n) is 2.40. The van der Waals surface area contributed by atoms with Crippen LogP contribution in [0.25, 0.3) is 0 Å². The lowest BCUT2D eigenvalue weighted by atomic mass is 10.0. The highest BCUT2D eigenvalue weighted by Crippen LogP contribution is 2.15. The predicted octanol–water partition coefficient (Wildman–Crippen LogP) is 1.26. The second-order valence-electron chi connectivity index (χ2n) is 5.14. The van der Waals surface area contributed by atoms with Crippen LogP contribution >= 0.6 is 12.4 Å². The number of likely N-dealkylation sites (N-methyl/N-ethyl adjacent to an activating group) is 1. The number of carbonyl (C=O) groups excluding carboxylic acids is 1. The molecule has 5 heteroatoms. The summed E-state index contributed by atoms with van der Waals surface area (Å²) in [5, 5.41) is 5.75. The molecule has 1 rings (SSSR count). The Bertz CT molecular complexity index is 226. The van der Waals surface area contributed by atoms with Gasteiger partial charge in [-0.15, -0.1) is 12.4 Å². The first kappa shape index (κ1) is 17.7. The minimum absolute atomic E-state index is 0. The van der Waals surface area contributed by atoms with Gasteiger partial charge in [0.25, 0.3) is 0 Å². The molecule has 1 heterocycles. The largest absolute Gasteiger partial charge is 0.355 e. The summed E-state index contributed by atoms with van der Waals surface area (Å²) in [5.74, 6) is 0.957. The number of halogens is 1. The van der Waals surface area contributed by atoms with Gasteiger partial charge >= 0.3 is 0 Å². The first-order valence-corrected chi connectivity index (χ1v) is 6.86. The fourth-order valence-corrected chi connectivity index (χ4v) is 2.40. The molecule has 0 aromatic carbocycles. The van der Waals surface area contributed by atoms with Crippen molar-refractivity contribution in [3.05, 3.63) is 0 Å². The van der Waals surface area contributed by atoms with Crippen molar-refractivity contribution in [3.63, 3.8) is 0 Å². The molecular formula is C13H28ClN3O. The van der Waals surface area contributed by atoms with Gasteiger partial charge in [0.15, 0.2) is 0 Å². The van der Waals surface area contributed by atoms with E-state index in [1.54, 1.807) is 7.05 Å². The zero-order valence-electron chi connectivity index (χ0n) is 11.7. The van der Waals surface area contributed by atoms with Gasteiger partial charge in [0, 0.05) is 13.1 Å². The Hall–Kier alpha value is -0.320. The van der Waals surface area contributed by atoms with E-state index in [0.717, 1.165) is 18.9 Å². The highest BCUT2D eigenvalue weighted by Gasteiger charge is 2.15. The van der Waals surface area contributed by atoms with Crippen molar-refractivity contribution < 1.29 is 4.79 Å². The molecule has 108 valence electrons. The molecule has 1 aliphatic rings. The number of nitrogens with one attached hydrogen (secondary N) is 2. The van der Waals surface area contributed by atoms with E-state index in [2.05, 4.69) is 22.5 Å². The summed E-state index contributed by atoms with van der Waals surface area (Å²) in [5.41, 5.74) is 0. The molecule has 0 bridgehead atoms. The number of rotatable bonds is 7. The Morgan fingerprint density at radius 3 is 2.83 bits per heavy atom. The van der Waals surface area contributed by atoms with Crippen LogP contribution < -0.4 is 10.6 Å². The lowest BCUT2D eigenvalue weighted by molar-refractivity contribution is -0.120. The van der Waals surface area contributed by atoms with Crippen molar-refractivity contribution in [2.24, 2.45) is 5.92 Å². The standard InChI is InChI=1S/C13H27N3O.ClH/c1-12-6-5-9-16(11-12)8-4-3-7-15-13(17)10-14-2;/h12,14H,3-11H2,1-2H3,(H,15,17);1H. The number of amides is 1. The Morgan fingerprint density at radius 2 is 2.17 bits per heavy atom. The highest BCUT2D eigenvalue weighted by atomic mass is 35.5. The molecule has 1 saturated heterocycles. The Balaban J connectivity index is 0.00000289. The average Bonchev–Trinajstić information content (AvgIpc) is 2.29. The Labute approximate surface area is 117 Å². The average molecular weight is 278 g/mol. The van der Waals surface area contributed by atoms with Gasteiger partial charge in [-0.1, -0.05) is 6.92 Å². The van der Waals surface area contributed by atoms with Crippen LogP contribution in [0.5, 0.6) is 0 Å². The SMILES string of the molecule is CNCC(=O)NCCCCN1CCCC(C)C1.Cl. The van der Waals surface area contributed by atoms with E-state index in [1.807, 2.05) is 0 Å². The smallest absolute Gasteiger partial charge is 0.233 e. The minimum atomic E-state index is 0. The maximum Gasteiger partial charge on any atom is 0.233 e. The van der Waals surface area contributed by atoms with Gasteiger partial charge in [0.05, 0.1) is 6.54 Å². The normalized spacial score (nSPS) is 20.2. The van der Waals surface area contributed by atoms with Crippen molar-refractivity contribution in [1.29, 1.82) is 0 Å². The zero-order valence-corrected chi connectivity index (χ0v) is 12.5. The molecule has 1 atom stereocenters. The van der Waals surface area contributed by atoms with Crippen molar-refractivity contribution in [3.8, 4) is 0 Å². The molecule has 0 spiro atoms. The summed E-state index contributed by atoms with van der Waals surface area (Å²) in [7, 11) is 1.79. The molecule has 1 unspecified atom stereocenters. The van der Waals surface area contributed by atoms with Gasteiger partial charge in [0.1, 0.15) is 0 Å². The molecular weight excluding hydrogens is 250 g/mol. The van der Waals surface area contributed by atoms with Crippen LogP contribution in [0.15, 0.2) is 0 Å². The maximum atomic E-state index is 11.2. The number of hydrogen-bond acceptors (Lipinski definition) is 3. The lowest BCUT2D eigenvalue weighted by Crippen LogP contribution is -2.36. The second-order valence-corrected chi connectivity index (χ2v) is 5.14. The van der Waals surface area contributed by atoms with E-state index in [1.165, 1.54) is 38.9 Å². The van der Waals surface area contributed by atoms with Gasteiger partial charge < -0.3 is 15.5 Å². The van der Waals surface area contributed by atoms with Crippen LogP contribution in [0, 0.1) is 5.92 Å².